The number of benzene rings is 1. The van der Waals surface area contributed by atoms with Gasteiger partial charge in [-0.25, -0.2) is 0 Å². The van der Waals surface area contributed by atoms with Crippen molar-refractivity contribution >= 4 is 44.8 Å². The molecule has 1 heterocycles. The number of hydrogen-bond acceptors (Lipinski definition) is 3. The Bertz CT molecular complexity index is 652. The number of hydrogen-bond donors (Lipinski definition) is 2. The van der Waals surface area contributed by atoms with Gasteiger partial charge in [-0.2, -0.15) is 0 Å². The zero-order chi connectivity index (χ0) is 15.4. The van der Waals surface area contributed by atoms with E-state index in [2.05, 4.69) is 26.6 Å². The Kier molecular flexibility index (Phi) is 5.14. The van der Waals surface area contributed by atoms with Crippen LogP contribution >= 0.6 is 27.3 Å². The van der Waals surface area contributed by atoms with Crippen molar-refractivity contribution in [1.29, 1.82) is 0 Å². The van der Waals surface area contributed by atoms with Gasteiger partial charge in [0.15, 0.2) is 0 Å². The molecule has 1 aromatic heterocycles. The molecule has 0 aliphatic carbocycles. The van der Waals surface area contributed by atoms with Crippen LogP contribution in [0.1, 0.15) is 22.2 Å². The van der Waals surface area contributed by atoms with Gasteiger partial charge in [0.2, 0.25) is 5.91 Å². The van der Waals surface area contributed by atoms with E-state index >= 15 is 0 Å². The second kappa shape index (κ2) is 6.87. The summed E-state index contributed by atoms with van der Waals surface area (Å²) in [5.74, 6) is -0.500. The number of anilines is 1. The minimum Gasteiger partial charge on any atom is -0.340 e. The van der Waals surface area contributed by atoms with E-state index in [9.17, 15) is 9.59 Å². The van der Waals surface area contributed by atoms with Gasteiger partial charge in [-0.3, -0.25) is 9.59 Å². The highest BCUT2D eigenvalue weighted by Crippen LogP contribution is 2.21. The van der Waals surface area contributed by atoms with Crippen molar-refractivity contribution in [2.75, 3.05) is 5.32 Å². The number of halogens is 1. The molecule has 0 aliphatic rings. The third-order valence-electron chi connectivity index (χ3n) is 2.86. The highest BCUT2D eigenvalue weighted by Gasteiger charge is 2.17. The summed E-state index contributed by atoms with van der Waals surface area (Å²) in [7, 11) is 0. The monoisotopic (exact) mass is 366 g/mol. The number of carbonyl (C=O) groups is 2. The van der Waals surface area contributed by atoms with E-state index in [1.54, 1.807) is 19.1 Å². The van der Waals surface area contributed by atoms with Crippen LogP contribution in [0.2, 0.25) is 0 Å². The van der Waals surface area contributed by atoms with Gasteiger partial charge in [0.1, 0.15) is 6.04 Å². The van der Waals surface area contributed by atoms with E-state index in [-0.39, 0.29) is 11.8 Å². The van der Waals surface area contributed by atoms with Crippen molar-refractivity contribution in [3.8, 4) is 0 Å². The van der Waals surface area contributed by atoms with Crippen molar-refractivity contribution in [2.24, 2.45) is 0 Å². The molecule has 2 amide bonds. The van der Waals surface area contributed by atoms with Crippen molar-refractivity contribution in [1.82, 2.24) is 5.32 Å². The Hall–Kier alpha value is -1.66. The number of aryl methyl sites for hydroxylation is 1. The number of amides is 2. The largest absolute Gasteiger partial charge is 0.340 e. The van der Waals surface area contributed by atoms with Crippen LogP contribution in [-0.4, -0.2) is 17.9 Å². The number of thiophene rings is 1. The lowest BCUT2D eigenvalue weighted by atomic mass is 10.2. The van der Waals surface area contributed by atoms with Crippen LogP contribution in [0.5, 0.6) is 0 Å². The molecule has 110 valence electrons. The second-order valence-electron chi connectivity index (χ2n) is 4.65. The number of rotatable bonds is 4. The average Bonchev–Trinajstić information content (AvgIpc) is 2.88. The summed E-state index contributed by atoms with van der Waals surface area (Å²) >= 11 is 4.63. The van der Waals surface area contributed by atoms with E-state index in [4.69, 9.17) is 0 Å². The maximum absolute atomic E-state index is 12.0. The molecule has 1 atom stereocenters. The van der Waals surface area contributed by atoms with Gasteiger partial charge >= 0.3 is 0 Å². The molecule has 0 fully saturated rings. The molecule has 0 bridgehead atoms. The fourth-order valence-corrected chi connectivity index (χ4v) is 2.95. The predicted octanol–water partition coefficient (Wildman–Crippen LogP) is 3.58. The van der Waals surface area contributed by atoms with E-state index < -0.39 is 6.04 Å². The molecule has 1 unspecified atom stereocenters. The van der Waals surface area contributed by atoms with Gasteiger partial charge in [-0.1, -0.05) is 17.7 Å². The average molecular weight is 367 g/mol. The number of nitrogens with one attached hydrogen (secondary N) is 2. The Morgan fingerprint density at radius 1 is 1.14 bits per heavy atom. The smallest absolute Gasteiger partial charge is 0.262 e. The van der Waals surface area contributed by atoms with E-state index in [0.29, 0.717) is 10.6 Å². The molecule has 0 saturated heterocycles. The van der Waals surface area contributed by atoms with Crippen molar-refractivity contribution < 1.29 is 9.59 Å². The minimum atomic E-state index is -0.611. The zero-order valence-electron chi connectivity index (χ0n) is 11.6. The van der Waals surface area contributed by atoms with Crippen LogP contribution in [0.3, 0.4) is 0 Å². The first-order valence-corrected chi connectivity index (χ1v) is 8.00. The van der Waals surface area contributed by atoms with Gasteiger partial charge in [0.25, 0.3) is 5.91 Å². The normalized spacial score (nSPS) is 11.8. The van der Waals surface area contributed by atoms with Gasteiger partial charge in [0.05, 0.1) is 8.66 Å². The lowest BCUT2D eigenvalue weighted by molar-refractivity contribution is -0.117. The summed E-state index contributed by atoms with van der Waals surface area (Å²) in [5.41, 5.74) is 1.84. The lowest BCUT2D eigenvalue weighted by Crippen LogP contribution is -2.41. The first-order valence-electron chi connectivity index (χ1n) is 6.39. The molecule has 0 aliphatic heterocycles. The molecule has 6 heteroatoms. The zero-order valence-corrected chi connectivity index (χ0v) is 14.0. The summed E-state index contributed by atoms with van der Waals surface area (Å²) in [4.78, 5) is 24.6. The SMILES string of the molecule is Cc1ccc(NC(=O)C(C)NC(=O)c2ccc(Br)s2)cc1. The van der Waals surface area contributed by atoms with Crippen LogP contribution in [0.15, 0.2) is 40.2 Å². The molecule has 2 rings (SSSR count). The van der Waals surface area contributed by atoms with Gasteiger partial charge < -0.3 is 10.6 Å². The third kappa shape index (κ3) is 4.41. The summed E-state index contributed by atoms with van der Waals surface area (Å²) in [6.07, 6.45) is 0. The van der Waals surface area contributed by atoms with Crippen LogP contribution in [0.4, 0.5) is 5.69 Å². The molecular weight excluding hydrogens is 352 g/mol. The maximum atomic E-state index is 12.0. The first-order chi connectivity index (χ1) is 9.95. The fraction of sp³-hybridized carbons (Fsp3) is 0.200. The van der Waals surface area contributed by atoms with Crippen molar-refractivity contribution in [3.05, 3.63) is 50.6 Å². The van der Waals surface area contributed by atoms with E-state index in [0.717, 1.165) is 9.35 Å². The molecule has 0 saturated carbocycles. The van der Waals surface area contributed by atoms with Crippen LogP contribution in [0.25, 0.3) is 0 Å². The predicted molar refractivity (Wildman–Crippen MR) is 88.8 cm³/mol. The summed E-state index contributed by atoms with van der Waals surface area (Å²) in [5, 5.41) is 5.45. The molecule has 0 spiro atoms. The van der Waals surface area contributed by atoms with Gasteiger partial charge in [-0.15, -0.1) is 11.3 Å². The number of carbonyl (C=O) groups excluding carboxylic acids is 2. The van der Waals surface area contributed by atoms with Crippen LogP contribution in [0, 0.1) is 6.92 Å². The molecule has 4 nitrogen and oxygen atoms in total. The van der Waals surface area contributed by atoms with E-state index in [1.807, 2.05) is 31.2 Å². The van der Waals surface area contributed by atoms with Crippen LogP contribution < -0.4 is 10.6 Å². The van der Waals surface area contributed by atoms with Crippen molar-refractivity contribution in [2.45, 2.75) is 19.9 Å². The minimum absolute atomic E-state index is 0.247. The Labute approximate surface area is 135 Å². The molecule has 1 aromatic carbocycles. The molecule has 2 aromatic rings. The maximum Gasteiger partial charge on any atom is 0.262 e. The standard InChI is InChI=1S/C15H15BrN2O2S/c1-9-3-5-11(6-4-9)18-14(19)10(2)17-15(20)12-7-8-13(16)21-12/h3-8,10H,1-2H3,(H,17,20)(H,18,19). The lowest BCUT2D eigenvalue weighted by Gasteiger charge is -2.13. The molecule has 0 radical (unpaired) electrons. The Morgan fingerprint density at radius 3 is 2.38 bits per heavy atom. The summed E-state index contributed by atoms with van der Waals surface area (Å²) < 4.78 is 0.879. The quantitative estimate of drug-likeness (QED) is 0.868. The first kappa shape index (κ1) is 15.7. The Balaban J connectivity index is 1.93. The highest BCUT2D eigenvalue weighted by atomic mass is 79.9. The Morgan fingerprint density at radius 2 is 1.81 bits per heavy atom. The van der Waals surface area contributed by atoms with E-state index in [1.165, 1.54) is 11.3 Å². The molecule has 2 N–H and O–H groups in total. The fourth-order valence-electron chi connectivity index (χ4n) is 1.66. The second-order valence-corrected chi connectivity index (χ2v) is 7.12. The summed E-state index contributed by atoms with van der Waals surface area (Å²) in [6.45, 7) is 3.64. The third-order valence-corrected chi connectivity index (χ3v) is 4.48. The topological polar surface area (TPSA) is 58.2 Å². The summed E-state index contributed by atoms with van der Waals surface area (Å²) in [6, 6.07) is 10.4. The van der Waals surface area contributed by atoms with Crippen molar-refractivity contribution in [3.63, 3.8) is 0 Å². The highest BCUT2D eigenvalue weighted by molar-refractivity contribution is 9.11. The van der Waals surface area contributed by atoms with Gasteiger partial charge in [0, 0.05) is 5.69 Å². The van der Waals surface area contributed by atoms with Crippen LogP contribution in [-0.2, 0) is 4.79 Å². The molecular formula is C15H15BrN2O2S. The molecule has 21 heavy (non-hydrogen) atoms. The van der Waals surface area contributed by atoms with Gasteiger partial charge in [-0.05, 0) is 54.0 Å².